The van der Waals surface area contributed by atoms with Crippen LogP contribution in [-0.4, -0.2) is 31.5 Å². The van der Waals surface area contributed by atoms with Gasteiger partial charge in [0.05, 0.1) is 5.52 Å². The van der Waals surface area contributed by atoms with E-state index in [4.69, 9.17) is 0 Å². The molecule has 0 spiro atoms. The minimum Gasteiger partial charge on any atom is -0.322 e. The van der Waals surface area contributed by atoms with Crippen molar-refractivity contribution in [1.29, 1.82) is 0 Å². The van der Waals surface area contributed by atoms with Crippen LogP contribution in [0.5, 0.6) is 0 Å². The number of allylic oxidation sites excluding steroid dienone is 6. The first-order chi connectivity index (χ1) is 14.7. The van der Waals surface area contributed by atoms with E-state index in [2.05, 4.69) is 44.4 Å². The summed E-state index contributed by atoms with van der Waals surface area (Å²) in [6.07, 6.45) is 14.3. The van der Waals surface area contributed by atoms with Gasteiger partial charge in [0, 0.05) is 34.3 Å². The number of carbonyl (C=O) groups is 1. The van der Waals surface area contributed by atoms with E-state index in [-0.39, 0.29) is 5.91 Å². The summed E-state index contributed by atoms with van der Waals surface area (Å²) < 4.78 is 0. The molecule has 1 amide bonds. The van der Waals surface area contributed by atoms with Crippen molar-refractivity contribution in [3.05, 3.63) is 84.3 Å². The Morgan fingerprint density at radius 2 is 2.10 bits per heavy atom. The van der Waals surface area contributed by atoms with Crippen LogP contribution in [0.1, 0.15) is 26.0 Å². The monoisotopic (exact) mass is 402 g/mol. The van der Waals surface area contributed by atoms with Crippen LogP contribution < -0.4 is 5.32 Å². The molecule has 7 heteroatoms. The van der Waals surface area contributed by atoms with Crippen LogP contribution in [0.15, 0.2) is 78.6 Å². The zero-order valence-electron chi connectivity index (χ0n) is 17.2. The lowest BCUT2D eigenvalue weighted by Gasteiger charge is -2.07. The second-order valence-electron chi connectivity index (χ2n) is 6.60. The number of H-pyrrole nitrogens is 3. The first-order valence-electron chi connectivity index (χ1n) is 9.85. The molecule has 0 fully saturated rings. The van der Waals surface area contributed by atoms with Crippen molar-refractivity contribution in [2.24, 2.45) is 0 Å². The normalized spacial score (nSPS) is 13.0. The smallest absolute Gasteiger partial charge is 0.255 e. The average molecular weight is 403 g/mol. The Morgan fingerprint density at radius 3 is 2.77 bits per heavy atom. The van der Waals surface area contributed by atoms with Crippen LogP contribution in [0, 0.1) is 0 Å². The maximum Gasteiger partial charge on any atom is 0.255 e. The molecule has 0 atom stereocenters. The number of fused-ring (bicyclic) bond motifs is 1. The largest absolute Gasteiger partial charge is 0.322 e. The van der Waals surface area contributed by atoms with Gasteiger partial charge in [0.25, 0.3) is 5.91 Å². The number of nitrogens with zero attached hydrogens (tertiary/aromatic N) is 2. The fraction of sp³-hybridized carbons (Fsp3) is 0.174. The van der Waals surface area contributed by atoms with Crippen molar-refractivity contribution in [1.82, 2.24) is 30.9 Å². The van der Waals surface area contributed by atoms with Crippen molar-refractivity contribution in [2.45, 2.75) is 26.7 Å². The number of aromatic amines is 3. The van der Waals surface area contributed by atoms with Crippen molar-refractivity contribution >= 4 is 16.8 Å². The predicted molar refractivity (Wildman–Crippen MR) is 120 cm³/mol. The molecule has 0 unspecified atom stereocenters. The second-order valence-corrected chi connectivity index (χ2v) is 6.60. The number of carbonyl (C=O) groups excluding carboxylic acids is 1. The van der Waals surface area contributed by atoms with Gasteiger partial charge in [-0.15, -0.1) is 5.10 Å². The molecule has 2 heterocycles. The highest BCUT2D eigenvalue weighted by Gasteiger charge is 2.10. The summed E-state index contributed by atoms with van der Waals surface area (Å²) >= 11 is 0. The van der Waals surface area contributed by atoms with Gasteiger partial charge in [0.1, 0.15) is 0 Å². The molecule has 0 radical (unpaired) electrons. The summed E-state index contributed by atoms with van der Waals surface area (Å²) in [5.74, 6) is 0.630. The van der Waals surface area contributed by atoms with Gasteiger partial charge in [0.15, 0.2) is 5.82 Å². The standard InChI is InChI=1S/C23H26N6O/c1-4-7-9-16(6-3)23(30)24-18(10-8-5-2)12-14-21-19-15-17(22-27-29-28-22)11-13-20(19)25-26-21/h4,6-13,15,29H,1,5,14H2,2-3H3,(H,24,30)(H,25,26)(H,27,28)/b9-7-,10-8-,16-6+,18-12+. The van der Waals surface area contributed by atoms with Crippen molar-refractivity contribution in [3.8, 4) is 11.4 Å². The Bertz CT molecular complexity index is 1130. The highest BCUT2D eigenvalue weighted by atomic mass is 16.1. The lowest BCUT2D eigenvalue weighted by atomic mass is 10.1. The Morgan fingerprint density at radius 1 is 1.27 bits per heavy atom. The molecule has 0 saturated heterocycles. The Hall–Kier alpha value is -3.87. The zero-order chi connectivity index (χ0) is 21.3. The second kappa shape index (κ2) is 10.1. The third kappa shape index (κ3) is 4.94. The van der Waals surface area contributed by atoms with Crippen LogP contribution in [0.25, 0.3) is 22.3 Å². The molecule has 154 valence electrons. The molecule has 2 aromatic heterocycles. The highest BCUT2D eigenvalue weighted by molar-refractivity contribution is 5.97. The molecular weight excluding hydrogens is 376 g/mol. The average Bonchev–Trinajstić information content (AvgIpc) is 3.11. The van der Waals surface area contributed by atoms with Gasteiger partial charge < -0.3 is 5.32 Å². The summed E-state index contributed by atoms with van der Waals surface area (Å²) in [6, 6.07) is 5.98. The number of rotatable bonds is 9. The van der Waals surface area contributed by atoms with E-state index in [0.29, 0.717) is 12.0 Å². The topological polar surface area (TPSA) is 102 Å². The molecule has 4 N–H and O–H groups in total. The first-order valence-corrected chi connectivity index (χ1v) is 9.85. The fourth-order valence-corrected chi connectivity index (χ4v) is 2.91. The minimum atomic E-state index is -0.166. The lowest BCUT2D eigenvalue weighted by molar-refractivity contribution is -0.116. The van der Waals surface area contributed by atoms with Crippen LogP contribution >= 0.6 is 0 Å². The van der Waals surface area contributed by atoms with Crippen molar-refractivity contribution < 1.29 is 4.79 Å². The number of nitrogens with one attached hydrogen (secondary N) is 4. The summed E-state index contributed by atoms with van der Waals surface area (Å²) in [4.78, 5) is 12.6. The molecular formula is C23H26N6O. The maximum absolute atomic E-state index is 12.6. The molecule has 1 aromatic carbocycles. The minimum absolute atomic E-state index is 0.166. The van der Waals surface area contributed by atoms with Gasteiger partial charge >= 0.3 is 0 Å². The molecule has 3 rings (SSSR count). The van der Waals surface area contributed by atoms with E-state index in [9.17, 15) is 4.79 Å². The molecule has 0 saturated carbocycles. The van der Waals surface area contributed by atoms with Gasteiger partial charge in [-0.05, 0) is 43.7 Å². The number of hydrogen-bond donors (Lipinski definition) is 4. The van der Waals surface area contributed by atoms with Gasteiger partial charge in [-0.25, -0.2) is 5.21 Å². The number of aromatic nitrogens is 5. The molecule has 0 aliphatic rings. The molecule has 0 bridgehead atoms. The fourth-order valence-electron chi connectivity index (χ4n) is 2.91. The van der Waals surface area contributed by atoms with Gasteiger partial charge in [0.2, 0.25) is 0 Å². The first kappa shape index (κ1) is 20.9. The molecule has 0 aliphatic heterocycles. The van der Waals surface area contributed by atoms with Crippen LogP contribution in [0.3, 0.4) is 0 Å². The van der Waals surface area contributed by atoms with E-state index in [1.54, 1.807) is 24.3 Å². The third-order valence-corrected chi connectivity index (χ3v) is 4.55. The van der Waals surface area contributed by atoms with E-state index < -0.39 is 0 Å². The Balaban J connectivity index is 1.83. The number of benzene rings is 1. The molecule has 7 nitrogen and oxygen atoms in total. The predicted octanol–water partition coefficient (Wildman–Crippen LogP) is 4.48. The quantitative estimate of drug-likeness (QED) is 0.313. The number of amides is 1. The summed E-state index contributed by atoms with van der Waals surface area (Å²) in [5.41, 5.74) is 4.15. The van der Waals surface area contributed by atoms with Gasteiger partial charge in [-0.1, -0.05) is 43.9 Å². The van der Waals surface area contributed by atoms with E-state index in [1.807, 2.05) is 43.4 Å². The Labute approximate surface area is 175 Å². The molecule has 0 aliphatic carbocycles. The summed E-state index contributed by atoms with van der Waals surface area (Å²) in [7, 11) is 0. The van der Waals surface area contributed by atoms with E-state index in [1.165, 1.54) is 0 Å². The van der Waals surface area contributed by atoms with E-state index >= 15 is 0 Å². The van der Waals surface area contributed by atoms with Gasteiger partial charge in [-0.2, -0.15) is 5.10 Å². The summed E-state index contributed by atoms with van der Waals surface area (Å²) in [5, 5.41) is 21.2. The van der Waals surface area contributed by atoms with E-state index in [0.717, 1.165) is 40.1 Å². The van der Waals surface area contributed by atoms with Crippen LogP contribution in [0.4, 0.5) is 0 Å². The maximum atomic E-state index is 12.6. The molecule has 30 heavy (non-hydrogen) atoms. The lowest BCUT2D eigenvalue weighted by Crippen LogP contribution is -2.23. The SMILES string of the molecule is C=C/C=C\C(=C/C)C(=O)NC(/C=C\CC)=C/Cc1[nH]nc2ccc(-c3n[nH][nH]3)cc12. The van der Waals surface area contributed by atoms with Gasteiger partial charge in [-0.3, -0.25) is 15.0 Å². The van der Waals surface area contributed by atoms with Crippen LogP contribution in [0.2, 0.25) is 0 Å². The van der Waals surface area contributed by atoms with Crippen LogP contribution in [-0.2, 0) is 11.2 Å². The molecule has 3 aromatic rings. The zero-order valence-corrected chi connectivity index (χ0v) is 17.2. The van der Waals surface area contributed by atoms with Crippen molar-refractivity contribution in [3.63, 3.8) is 0 Å². The number of hydrogen-bond acceptors (Lipinski definition) is 3. The third-order valence-electron chi connectivity index (χ3n) is 4.55. The van der Waals surface area contributed by atoms with Crippen molar-refractivity contribution in [2.75, 3.05) is 0 Å². The summed E-state index contributed by atoms with van der Waals surface area (Å²) in [6.45, 7) is 7.53. The Kier molecular flexibility index (Phi) is 7.00. The highest BCUT2D eigenvalue weighted by Crippen LogP contribution is 2.23.